The van der Waals surface area contributed by atoms with E-state index in [1.807, 2.05) is 24.3 Å². The fourth-order valence-electron chi connectivity index (χ4n) is 8.15. The zero-order valence-electron chi connectivity index (χ0n) is 29.8. The molecule has 0 fully saturated rings. The molecule has 0 unspecified atom stereocenters. The molecular weight excluding hydrogens is 669 g/mol. The van der Waals surface area contributed by atoms with E-state index < -0.39 is 0 Å². The van der Waals surface area contributed by atoms with Gasteiger partial charge in [-0.3, -0.25) is 0 Å². The second-order valence-electron chi connectivity index (χ2n) is 14.0. The van der Waals surface area contributed by atoms with E-state index in [4.69, 9.17) is 15.0 Å². The van der Waals surface area contributed by atoms with E-state index in [-0.39, 0.29) is 0 Å². The van der Waals surface area contributed by atoms with Crippen molar-refractivity contribution in [3.63, 3.8) is 0 Å². The van der Waals surface area contributed by atoms with Crippen molar-refractivity contribution in [1.82, 2.24) is 19.5 Å². The number of pyridine rings is 1. The molecule has 3 heterocycles. The largest absolute Gasteiger partial charge is 0.309 e. The molecule has 0 atom stereocenters. The summed E-state index contributed by atoms with van der Waals surface area (Å²) < 4.78 is 2.39. The molecule has 0 saturated heterocycles. The Bertz CT molecular complexity index is 3220. The Balaban J connectivity index is 1.11. The van der Waals surface area contributed by atoms with Gasteiger partial charge in [-0.25, -0.2) is 15.0 Å². The van der Waals surface area contributed by atoms with E-state index in [1.54, 1.807) is 0 Å². The van der Waals surface area contributed by atoms with E-state index in [0.29, 0.717) is 0 Å². The van der Waals surface area contributed by atoms with Gasteiger partial charge in [-0.15, -0.1) is 0 Å². The number of nitrogens with zero attached hydrogens (tertiary/aromatic N) is 4. The van der Waals surface area contributed by atoms with Gasteiger partial charge >= 0.3 is 0 Å². The summed E-state index contributed by atoms with van der Waals surface area (Å²) in [5.41, 5.74) is 12.7. The van der Waals surface area contributed by atoms with Crippen LogP contribution in [0.4, 0.5) is 0 Å². The van der Waals surface area contributed by atoms with Crippen molar-refractivity contribution in [2.45, 2.75) is 0 Å². The Hall–Kier alpha value is -7.43. The minimum Gasteiger partial charge on any atom is -0.309 e. The molecule has 0 aliphatic carbocycles. The maximum atomic E-state index is 5.36. The standard InChI is InChI=1S/C51H32N4/c1-4-14-34(15-5-1)50-44-31-43-39-20-11-13-23-47(39)55(38-18-8-3-9-19-38)48(43)32-41(44)42-30-37(28-29-46(42)52-50)33-24-26-35(27-25-33)49-40-21-10-12-22-45(40)53-51(54-49)36-16-6-2-7-17-36/h1-32H. The number of benzene rings is 8. The summed E-state index contributed by atoms with van der Waals surface area (Å²) in [5, 5.41) is 6.91. The van der Waals surface area contributed by atoms with Crippen molar-refractivity contribution in [2.75, 3.05) is 0 Å². The molecule has 8 aromatic carbocycles. The van der Waals surface area contributed by atoms with Gasteiger partial charge in [-0.05, 0) is 65.0 Å². The van der Waals surface area contributed by atoms with E-state index in [2.05, 4.69) is 174 Å². The number of hydrogen-bond acceptors (Lipinski definition) is 3. The van der Waals surface area contributed by atoms with Crippen molar-refractivity contribution >= 4 is 54.4 Å². The summed E-state index contributed by atoms with van der Waals surface area (Å²) in [6.45, 7) is 0. The average molecular weight is 701 g/mol. The first-order valence-corrected chi connectivity index (χ1v) is 18.6. The van der Waals surface area contributed by atoms with Gasteiger partial charge in [-0.1, -0.05) is 146 Å². The molecule has 4 nitrogen and oxygen atoms in total. The van der Waals surface area contributed by atoms with Crippen LogP contribution in [-0.2, 0) is 0 Å². The van der Waals surface area contributed by atoms with E-state index >= 15 is 0 Å². The normalized spacial score (nSPS) is 11.6. The summed E-state index contributed by atoms with van der Waals surface area (Å²) in [6, 6.07) is 68.5. The third-order valence-electron chi connectivity index (χ3n) is 10.8. The van der Waals surface area contributed by atoms with Crippen LogP contribution in [0.15, 0.2) is 194 Å². The molecule has 0 N–H and O–H groups in total. The summed E-state index contributed by atoms with van der Waals surface area (Å²) >= 11 is 0. The monoisotopic (exact) mass is 700 g/mol. The predicted molar refractivity (Wildman–Crippen MR) is 228 cm³/mol. The lowest BCUT2D eigenvalue weighted by Gasteiger charge is -2.14. The second-order valence-corrected chi connectivity index (χ2v) is 14.0. The molecule has 0 radical (unpaired) electrons. The van der Waals surface area contributed by atoms with Crippen molar-refractivity contribution < 1.29 is 0 Å². The van der Waals surface area contributed by atoms with Crippen LogP contribution in [0.2, 0.25) is 0 Å². The SMILES string of the molecule is c1ccc(-c2nc(-c3ccc(-c4ccc5nc(-c6ccccc6)c6cc7c8ccccc8n(-c8ccccc8)c7cc6c5c4)cc3)c3ccccc3n2)cc1. The van der Waals surface area contributed by atoms with Crippen LogP contribution in [0, 0.1) is 0 Å². The van der Waals surface area contributed by atoms with Crippen molar-refractivity contribution in [1.29, 1.82) is 0 Å². The molecule has 3 aromatic heterocycles. The summed E-state index contributed by atoms with van der Waals surface area (Å²) in [6.07, 6.45) is 0. The number of hydrogen-bond donors (Lipinski definition) is 0. The van der Waals surface area contributed by atoms with Gasteiger partial charge in [0.1, 0.15) is 0 Å². The second kappa shape index (κ2) is 12.6. The highest BCUT2D eigenvalue weighted by atomic mass is 15.0. The quantitative estimate of drug-likeness (QED) is 0.168. The van der Waals surface area contributed by atoms with Gasteiger partial charge in [0.15, 0.2) is 5.82 Å². The lowest BCUT2D eigenvalue weighted by atomic mass is 9.95. The third kappa shape index (κ3) is 5.19. The summed E-state index contributed by atoms with van der Waals surface area (Å²) in [4.78, 5) is 15.4. The Morgan fingerprint density at radius 3 is 1.65 bits per heavy atom. The van der Waals surface area contributed by atoms with Crippen LogP contribution in [-0.4, -0.2) is 19.5 Å². The van der Waals surface area contributed by atoms with Crippen LogP contribution in [0.3, 0.4) is 0 Å². The molecule has 0 aliphatic rings. The third-order valence-corrected chi connectivity index (χ3v) is 10.8. The molecule has 256 valence electrons. The molecule has 0 bridgehead atoms. The first kappa shape index (κ1) is 31.1. The Morgan fingerprint density at radius 2 is 0.873 bits per heavy atom. The predicted octanol–water partition coefficient (Wildman–Crippen LogP) is 13.1. The van der Waals surface area contributed by atoms with Crippen molar-refractivity contribution in [2.24, 2.45) is 0 Å². The molecule has 0 spiro atoms. The number of fused-ring (bicyclic) bond motifs is 7. The summed E-state index contributed by atoms with van der Waals surface area (Å²) in [5.74, 6) is 0.725. The highest BCUT2D eigenvalue weighted by molar-refractivity contribution is 6.20. The zero-order valence-corrected chi connectivity index (χ0v) is 29.8. The minimum atomic E-state index is 0.725. The number of rotatable bonds is 5. The molecule has 55 heavy (non-hydrogen) atoms. The topological polar surface area (TPSA) is 43.6 Å². The summed E-state index contributed by atoms with van der Waals surface area (Å²) in [7, 11) is 0. The highest BCUT2D eigenvalue weighted by Gasteiger charge is 2.18. The van der Waals surface area contributed by atoms with Crippen LogP contribution < -0.4 is 0 Å². The molecule has 11 aromatic rings. The molecule has 11 rings (SSSR count). The van der Waals surface area contributed by atoms with Gasteiger partial charge in [0.2, 0.25) is 0 Å². The van der Waals surface area contributed by atoms with E-state index in [0.717, 1.165) is 77.9 Å². The molecular formula is C51H32N4. The zero-order chi connectivity index (χ0) is 36.3. The average Bonchev–Trinajstić information content (AvgIpc) is 3.59. The molecule has 0 amide bonds. The Labute approximate surface area is 317 Å². The fraction of sp³-hybridized carbons (Fsp3) is 0. The number of para-hydroxylation sites is 3. The molecule has 0 saturated carbocycles. The van der Waals surface area contributed by atoms with Gasteiger partial charge < -0.3 is 4.57 Å². The minimum absolute atomic E-state index is 0.725. The highest BCUT2D eigenvalue weighted by Crippen LogP contribution is 2.41. The van der Waals surface area contributed by atoms with Gasteiger partial charge in [0.05, 0.1) is 33.5 Å². The fourth-order valence-corrected chi connectivity index (χ4v) is 8.15. The van der Waals surface area contributed by atoms with E-state index in [1.165, 1.54) is 27.2 Å². The van der Waals surface area contributed by atoms with E-state index in [9.17, 15) is 0 Å². The molecule has 0 aliphatic heterocycles. The molecule has 4 heteroatoms. The maximum Gasteiger partial charge on any atom is 0.160 e. The smallest absolute Gasteiger partial charge is 0.160 e. The Morgan fingerprint density at radius 1 is 0.291 bits per heavy atom. The maximum absolute atomic E-state index is 5.36. The van der Waals surface area contributed by atoms with Gasteiger partial charge in [0.25, 0.3) is 0 Å². The van der Waals surface area contributed by atoms with Crippen molar-refractivity contribution in [3.05, 3.63) is 194 Å². The Kier molecular flexibility index (Phi) is 7.14. The lowest BCUT2D eigenvalue weighted by Crippen LogP contribution is -1.95. The van der Waals surface area contributed by atoms with Crippen LogP contribution in [0.1, 0.15) is 0 Å². The van der Waals surface area contributed by atoms with Crippen LogP contribution >= 0.6 is 0 Å². The van der Waals surface area contributed by atoms with Crippen molar-refractivity contribution in [3.8, 4) is 50.7 Å². The van der Waals surface area contributed by atoms with Crippen LogP contribution in [0.25, 0.3) is 105 Å². The van der Waals surface area contributed by atoms with Gasteiger partial charge in [0, 0.05) is 49.3 Å². The lowest BCUT2D eigenvalue weighted by molar-refractivity contribution is 1.18. The first-order valence-electron chi connectivity index (χ1n) is 18.6. The first-order chi connectivity index (χ1) is 27.3. The van der Waals surface area contributed by atoms with Crippen LogP contribution in [0.5, 0.6) is 0 Å². The van der Waals surface area contributed by atoms with Gasteiger partial charge in [-0.2, -0.15) is 0 Å². The number of aromatic nitrogens is 4.